The second-order valence-corrected chi connectivity index (χ2v) is 5.69. The Hall–Kier alpha value is -2.21. The molecule has 0 radical (unpaired) electrons. The maximum absolute atomic E-state index is 12.3. The average Bonchev–Trinajstić information content (AvgIpc) is 2.56. The smallest absolute Gasteiger partial charge is 0.265 e. The second-order valence-electron chi connectivity index (χ2n) is 4.77. The highest BCUT2D eigenvalue weighted by atomic mass is 79.9. The summed E-state index contributed by atoms with van der Waals surface area (Å²) in [5.41, 5.74) is 0.531. The van der Waals surface area contributed by atoms with Crippen LogP contribution in [-0.2, 0) is 4.79 Å². The van der Waals surface area contributed by atoms with E-state index in [9.17, 15) is 4.79 Å². The lowest BCUT2D eigenvalue weighted by Gasteiger charge is -2.16. The minimum Gasteiger partial charge on any atom is -0.497 e. The molecule has 0 aliphatic heterocycles. The van der Waals surface area contributed by atoms with Crippen molar-refractivity contribution >= 4 is 27.5 Å². The molecular weight excluding hydrogens is 362 g/mol. The third-order valence-corrected chi connectivity index (χ3v) is 3.69. The molecule has 0 aromatic heterocycles. The number of benzene rings is 2. The highest BCUT2D eigenvalue weighted by Gasteiger charge is 2.17. The molecular formula is C17H18BrNO4. The zero-order valence-electron chi connectivity index (χ0n) is 13.1. The SMILES string of the molecule is COc1ccc(OC)c(NC(=O)[C@H](C)Oc2ccc(Br)cc2)c1. The molecule has 0 spiro atoms. The van der Waals surface area contributed by atoms with Gasteiger partial charge in [-0.15, -0.1) is 0 Å². The first-order chi connectivity index (χ1) is 11.0. The van der Waals surface area contributed by atoms with Crippen LogP contribution >= 0.6 is 15.9 Å². The largest absolute Gasteiger partial charge is 0.497 e. The molecule has 1 amide bonds. The van der Waals surface area contributed by atoms with Crippen molar-refractivity contribution in [3.8, 4) is 17.2 Å². The van der Waals surface area contributed by atoms with Crippen LogP contribution in [-0.4, -0.2) is 26.2 Å². The third-order valence-electron chi connectivity index (χ3n) is 3.16. The van der Waals surface area contributed by atoms with Gasteiger partial charge in [0, 0.05) is 10.5 Å². The molecule has 0 saturated carbocycles. The van der Waals surface area contributed by atoms with E-state index in [0.717, 1.165) is 4.47 Å². The number of nitrogens with one attached hydrogen (secondary N) is 1. The molecule has 1 N–H and O–H groups in total. The van der Waals surface area contributed by atoms with E-state index in [2.05, 4.69) is 21.2 Å². The van der Waals surface area contributed by atoms with E-state index in [-0.39, 0.29) is 5.91 Å². The second kappa shape index (κ2) is 7.87. The number of halogens is 1. The molecule has 122 valence electrons. The number of anilines is 1. The van der Waals surface area contributed by atoms with Crippen molar-refractivity contribution in [2.45, 2.75) is 13.0 Å². The third kappa shape index (κ3) is 4.63. The Morgan fingerprint density at radius 1 is 1.04 bits per heavy atom. The molecule has 2 aromatic rings. The molecule has 0 aliphatic carbocycles. The van der Waals surface area contributed by atoms with Crippen molar-refractivity contribution in [2.24, 2.45) is 0 Å². The summed E-state index contributed by atoms with van der Waals surface area (Å²) in [4.78, 5) is 12.3. The number of methoxy groups -OCH3 is 2. The van der Waals surface area contributed by atoms with Crippen LogP contribution in [0.1, 0.15) is 6.92 Å². The Balaban J connectivity index is 2.07. The Morgan fingerprint density at radius 3 is 2.30 bits per heavy atom. The predicted molar refractivity (Wildman–Crippen MR) is 92.4 cm³/mol. The number of rotatable bonds is 6. The standard InChI is InChI=1S/C17H18BrNO4/c1-11(23-13-6-4-12(18)5-7-13)17(20)19-15-10-14(21-2)8-9-16(15)22-3/h4-11H,1-3H3,(H,19,20)/t11-/m0/s1. The number of hydrogen-bond acceptors (Lipinski definition) is 4. The fourth-order valence-electron chi connectivity index (χ4n) is 1.92. The van der Waals surface area contributed by atoms with Crippen molar-refractivity contribution in [2.75, 3.05) is 19.5 Å². The summed E-state index contributed by atoms with van der Waals surface area (Å²) < 4.78 is 17.0. The molecule has 6 heteroatoms. The summed E-state index contributed by atoms with van der Waals surface area (Å²) in [6.45, 7) is 1.68. The van der Waals surface area contributed by atoms with Gasteiger partial charge in [0.25, 0.3) is 5.91 Å². The van der Waals surface area contributed by atoms with Gasteiger partial charge in [0.05, 0.1) is 19.9 Å². The van der Waals surface area contributed by atoms with Gasteiger partial charge in [0.1, 0.15) is 17.2 Å². The molecule has 0 fully saturated rings. The van der Waals surface area contributed by atoms with E-state index in [1.165, 1.54) is 0 Å². The lowest BCUT2D eigenvalue weighted by atomic mass is 10.2. The summed E-state index contributed by atoms with van der Waals surface area (Å²) in [6, 6.07) is 12.5. The van der Waals surface area contributed by atoms with Crippen LogP contribution in [0.2, 0.25) is 0 Å². The van der Waals surface area contributed by atoms with Crippen molar-refractivity contribution in [3.63, 3.8) is 0 Å². The number of amides is 1. The summed E-state index contributed by atoms with van der Waals surface area (Å²) in [6.07, 6.45) is -0.660. The Labute approximate surface area is 143 Å². The fraction of sp³-hybridized carbons (Fsp3) is 0.235. The van der Waals surface area contributed by atoms with Gasteiger partial charge < -0.3 is 19.5 Å². The Bertz CT molecular complexity index is 673. The first kappa shape index (κ1) is 17.1. The van der Waals surface area contributed by atoms with E-state index in [1.807, 2.05) is 12.1 Å². The molecule has 2 aromatic carbocycles. The molecule has 0 unspecified atom stereocenters. The monoisotopic (exact) mass is 379 g/mol. The van der Waals surface area contributed by atoms with Gasteiger partial charge in [0.2, 0.25) is 0 Å². The molecule has 1 atom stereocenters. The molecule has 0 bridgehead atoms. The molecule has 2 rings (SSSR count). The number of carbonyl (C=O) groups is 1. The van der Waals surface area contributed by atoms with Crippen LogP contribution in [0.15, 0.2) is 46.9 Å². The zero-order valence-corrected chi connectivity index (χ0v) is 14.7. The van der Waals surface area contributed by atoms with Crippen LogP contribution in [0, 0.1) is 0 Å². The topological polar surface area (TPSA) is 56.8 Å². The van der Waals surface area contributed by atoms with Crippen molar-refractivity contribution < 1.29 is 19.0 Å². The fourth-order valence-corrected chi connectivity index (χ4v) is 2.18. The maximum atomic E-state index is 12.3. The summed E-state index contributed by atoms with van der Waals surface area (Å²) in [5.74, 6) is 1.52. The number of hydrogen-bond donors (Lipinski definition) is 1. The van der Waals surface area contributed by atoms with Crippen LogP contribution in [0.5, 0.6) is 17.2 Å². The first-order valence-corrected chi connectivity index (χ1v) is 7.78. The summed E-state index contributed by atoms with van der Waals surface area (Å²) >= 11 is 3.35. The molecule has 23 heavy (non-hydrogen) atoms. The van der Waals surface area contributed by atoms with Gasteiger partial charge in [-0.2, -0.15) is 0 Å². The number of ether oxygens (including phenoxy) is 3. The van der Waals surface area contributed by atoms with Crippen LogP contribution in [0.4, 0.5) is 5.69 Å². The van der Waals surface area contributed by atoms with Crippen LogP contribution in [0.25, 0.3) is 0 Å². The molecule has 0 heterocycles. The van der Waals surface area contributed by atoms with E-state index in [0.29, 0.717) is 22.9 Å². The van der Waals surface area contributed by atoms with Gasteiger partial charge >= 0.3 is 0 Å². The van der Waals surface area contributed by atoms with E-state index in [4.69, 9.17) is 14.2 Å². The van der Waals surface area contributed by atoms with Gasteiger partial charge in [-0.05, 0) is 43.3 Å². The Kier molecular flexibility index (Phi) is 5.87. The van der Waals surface area contributed by atoms with E-state index in [1.54, 1.807) is 51.5 Å². The van der Waals surface area contributed by atoms with Crippen molar-refractivity contribution in [1.82, 2.24) is 0 Å². The Morgan fingerprint density at radius 2 is 1.70 bits per heavy atom. The van der Waals surface area contributed by atoms with Crippen LogP contribution in [0.3, 0.4) is 0 Å². The van der Waals surface area contributed by atoms with Crippen molar-refractivity contribution in [1.29, 1.82) is 0 Å². The van der Waals surface area contributed by atoms with Gasteiger partial charge in [0.15, 0.2) is 6.10 Å². The quantitative estimate of drug-likeness (QED) is 0.827. The zero-order chi connectivity index (χ0) is 16.8. The highest BCUT2D eigenvalue weighted by Crippen LogP contribution is 2.29. The predicted octanol–water partition coefficient (Wildman–Crippen LogP) is 3.87. The number of carbonyl (C=O) groups excluding carboxylic acids is 1. The highest BCUT2D eigenvalue weighted by molar-refractivity contribution is 9.10. The lowest BCUT2D eigenvalue weighted by Crippen LogP contribution is -2.30. The first-order valence-electron chi connectivity index (χ1n) is 6.98. The molecule has 0 aliphatic rings. The van der Waals surface area contributed by atoms with Crippen molar-refractivity contribution in [3.05, 3.63) is 46.9 Å². The maximum Gasteiger partial charge on any atom is 0.265 e. The van der Waals surface area contributed by atoms with Gasteiger partial charge in [-0.1, -0.05) is 15.9 Å². The minimum absolute atomic E-state index is 0.278. The van der Waals surface area contributed by atoms with Gasteiger partial charge in [-0.25, -0.2) is 0 Å². The van der Waals surface area contributed by atoms with Gasteiger partial charge in [-0.3, -0.25) is 4.79 Å². The normalized spacial score (nSPS) is 11.5. The average molecular weight is 380 g/mol. The molecule has 5 nitrogen and oxygen atoms in total. The lowest BCUT2D eigenvalue weighted by molar-refractivity contribution is -0.122. The van der Waals surface area contributed by atoms with E-state index < -0.39 is 6.10 Å². The molecule has 0 saturated heterocycles. The minimum atomic E-state index is -0.660. The van der Waals surface area contributed by atoms with E-state index >= 15 is 0 Å². The summed E-state index contributed by atoms with van der Waals surface area (Å²) in [5, 5.41) is 2.79. The summed E-state index contributed by atoms with van der Waals surface area (Å²) in [7, 11) is 3.10. The van der Waals surface area contributed by atoms with Crippen LogP contribution < -0.4 is 19.5 Å².